The highest BCUT2D eigenvalue weighted by Gasteiger charge is 2.07. The van der Waals surface area contributed by atoms with Crippen molar-refractivity contribution in [2.75, 3.05) is 6.54 Å². The van der Waals surface area contributed by atoms with Crippen LogP contribution in [-0.2, 0) is 6.54 Å². The maximum atomic E-state index is 10.6. The molecular weight excluding hydrogens is 230 g/mol. The molecule has 0 saturated carbocycles. The fraction of sp³-hybridized carbons (Fsp3) is 0.643. The fourth-order valence-corrected chi connectivity index (χ4v) is 1.83. The highest BCUT2D eigenvalue weighted by molar-refractivity contribution is 5.87. The summed E-state index contributed by atoms with van der Waals surface area (Å²) in [6.07, 6.45) is 8.95. The Kier molecular flexibility index (Phi) is 7.18. The third kappa shape index (κ3) is 5.87. The van der Waals surface area contributed by atoms with E-state index in [0.717, 1.165) is 13.0 Å². The first-order chi connectivity index (χ1) is 8.74. The van der Waals surface area contributed by atoms with Gasteiger partial charge in [0, 0.05) is 0 Å². The Morgan fingerprint density at radius 2 is 2.00 bits per heavy atom. The number of aromatic carboxylic acids is 1. The molecule has 0 radical (unpaired) electrons. The van der Waals surface area contributed by atoms with Gasteiger partial charge in [-0.3, -0.25) is 0 Å². The SMILES string of the molecule is CCCCCCCCNCc1cc(C(=O)O)co1. The number of furan rings is 1. The normalized spacial score (nSPS) is 10.7. The van der Waals surface area contributed by atoms with Gasteiger partial charge in [0.1, 0.15) is 12.0 Å². The molecule has 0 aliphatic heterocycles. The average Bonchev–Trinajstić information content (AvgIpc) is 2.81. The first-order valence-corrected chi connectivity index (χ1v) is 6.75. The Morgan fingerprint density at radius 3 is 2.67 bits per heavy atom. The van der Waals surface area contributed by atoms with Gasteiger partial charge in [0.05, 0.1) is 12.1 Å². The monoisotopic (exact) mass is 253 g/mol. The van der Waals surface area contributed by atoms with Gasteiger partial charge < -0.3 is 14.8 Å². The molecular formula is C14H23NO3. The Balaban J connectivity index is 2.02. The highest BCUT2D eigenvalue weighted by atomic mass is 16.4. The van der Waals surface area contributed by atoms with Gasteiger partial charge in [0.25, 0.3) is 0 Å². The number of carbonyl (C=O) groups is 1. The summed E-state index contributed by atoms with van der Waals surface area (Å²) in [5, 5.41) is 12.0. The Morgan fingerprint density at radius 1 is 1.28 bits per heavy atom. The molecule has 0 spiro atoms. The van der Waals surface area contributed by atoms with Crippen LogP contribution in [0.25, 0.3) is 0 Å². The van der Waals surface area contributed by atoms with E-state index >= 15 is 0 Å². The summed E-state index contributed by atoms with van der Waals surface area (Å²) in [4.78, 5) is 10.6. The van der Waals surface area contributed by atoms with Crippen LogP contribution in [0, 0.1) is 0 Å². The lowest BCUT2D eigenvalue weighted by Crippen LogP contribution is -2.14. The average molecular weight is 253 g/mol. The van der Waals surface area contributed by atoms with Crippen molar-refractivity contribution < 1.29 is 14.3 Å². The van der Waals surface area contributed by atoms with E-state index < -0.39 is 5.97 Å². The molecule has 4 heteroatoms. The maximum absolute atomic E-state index is 10.6. The second kappa shape index (κ2) is 8.75. The molecule has 0 fully saturated rings. The molecule has 102 valence electrons. The number of rotatable bonds is 10. The van der Waals surface area contributed by atoms with Gasteiger partial charge in [-0.2, -0.15) is 0 Å². The van der Waals surface area contributed by atoms with E-state index in [-0.39, 0.29) is 5.56 Å². The number of carboxylic acids is 1. The van der Waals surface area contributed by atoms with Crippen molar-refractivity contribution in [2.45, 2.75) is 52.0 Å². The minimum Gasteiger partial charge on any atom is -0.478 e. The summed E-state index contributed by atoms with van der Waals surface area (Å²) in [5.74, 6) is -0.265. The van der Waals surface area contributed by atoms with E-state index in [1.165, 1.54) is 38.4 Å². The molecule has 0 unspecified atom stereocenters. The van der Waals surface area contributed by atoms with Gasteiger partial charge in [0.15, 0.2) is 0 Å². The minimum absolute atomic E-state index is 0.214. The molecule has 0 amide bonds. The topological polar surface area (TPSA) is 62.5 Å². The minimum atomic E-state index is -0.944. The summed E-state index contributed by atoms with van der Waals surface area (Å²) in [6, 6.07) is 1.57. The van der Waals surface area contributed by atoms with Crippen LogP contribution in [0.15, 0.2) is 16.7 Å². The zero-order valence-electron chi connectivity index (χ0n) is 11.1. The molecule has 1 rings (SSSR count). The van der Waals surface area contributed by atoms with Gasteiger partial charge in [-0.05, 0) is 19.0 Å². The molecule has 1 heterocycles. The quantitative estimate of drug-likeness (QED) is 0.627. The van der Waals surface area contributed by atoms with Crippen LogP contribution >= 0.6 is 0 Å². The van der Waals surface area contributed by atoms with E-state index in [2.05, 4.69) is 12.2 Å². The number of nitrogens with one attached hydrogen (secondary N) is 1. The summed E-state index contributed by atoms with van der Waals surface area (Å²) in [6.45, 7) is 3.77. The van der Waals surface area contributed by atoms with E-state index in [1.54, 1.807) is 6.07 Å². The Hall–Kier alpha value is -1.29. The zero-order chi connectivity index (χ0) is 13.2. The second-order valence-electron chi connectivity index (χ2n) is 4.55. The van der Waals surface area contributed by atoms with Crippen molar-refractivity contribution in [1.29, 1.82) is 0 Å². The van der Waals surface area contributed by atoms with Crippen LogP contribution in [0.5, 0.6) is 0 Å². The standard InChI is InChI=1S/C14H23NO3/c1-2-3-4-5-6-7-8-15-10-13-9-12(11-18-13)14(16)17/h9,11,15H,2-8,10H2,1H3,(H,16,17). The number of carboxylic acid groups (broad SMARTS) is 1. The molecule has 0 aliphatic rings. The highest BCUT2D eigenvalue weighted by Crippen LogP contribution is 2.08. The van der Waals surface area contributed by atoms with Crippen molar-refractivity contribution in [3.63, 3.8) is 0 Å². The first-order valence-electron chi connectivity index (χ1n) is 6.75. The van der Waals surface area contributed by atoms with Crippen molar-refractivity contribution in [2.24, 2.45) is 0 Å². The zero-order valence-corrected chi connectivity index (χ0v) is 11.1. The van der Waals surface area contributed by atoms with E-state index in [4.69, 9.17) is 9.52 Å². The fourth-order valence-electron chi connectivity index (χ4n) is 1.83. The number of hydrogen-bond donors (Lipinski definition) is 2. The molecule has 0 bridgehead atoms. The van der Waals surface area contributed by atoms with Crippen LogP contribution in [-0.4, -0.2) is 17.6 Å². The lowest BCUT2D eigenvalue weighted by atomic mass is 10.1. The molecule has 1 aromatic rings. The smallest absolute Gasteiger partial charge is 0.338 e. The third-order valence-corrected chi connectivity index (χ3v) is 2.91. The van der Waals surface area contributed by atoms with Crippen LogP contribution in [0.4, 0.5) is 0 Å². The van der Waals surface area contributed by atoms with Crippen LogP contribution in [0.3, 0.4) is 0 Å². The van der Waals surface area contributed by atoms with Crippen molar-refractivity contribution >= 4 is 5.97 Å². The second-order valence-corrected chi connectivity index (χ2v) is 4.55. The summed E-state index contributed by atoms with van der Waals surface area (Å²) >= 11 is 0. The summed E-state index contributed by atoms with van der Waals surface area (Å²) in [7, 11) is 0. The molecule has 1 aromatic heterocycles. The van der Waals surface area contributed by atoms with E-state index in [0.29, 0.717) is 12.3 Å². The van der Waals surface area contributed by atoms with Gasteiger partial charge in [-0.25, -0.2) is 4.79 Å². The van der Waals surface area contributed by atoms with E-state index in [1.807, 2.05) is 0 Å². The van der Waals surface area contributed by atoms with Crippen molar-refractivity contribution in [1.82, 2.24) is 5.32 Å². The predicted molar refractivity (Wildman–Crippen MR) is 70.8 cm³/mol. The largest absolute Gasteiger partial charge is 0.478 e. The Labute approximate surface area is 108 Å². The predicted octanol–water partition coefficient (Wildman–Crippen LogP) is 3.43. The van der Waals surface area contributed by atoms with E-state index in [9.17, 15) is 4.79 Å². The molecule has 18 heavy (non-hydrogen) atoms. The molecule has 0 saturated heterocycles. The molecule has 0 aliphatic carbocycles. The van der Waals surface area contributed by atoms with Gasteiger partial charge in [-0.1, -0.05) is 39.0 Å². The number of unbranched alkanes of at least 4 members (excludes halogenated alkanes) is 5. The first kappa shape index (κ1) is 14.8. The van der Waals surface area contributed by atoms with Crippen LogP contribution in [0.1, 0.15) is 61.6 Å². The van der Waals surface area contributed by atoms with Crippen LogP contribution < -0.4 is 5.32 Å². The Bertz CT molecular complexity index is 347. The number of hydrogen-bond acceptors (Lipinski definition) is 3. The molecule has 4 nitrogen and oxygen atoms in total. The van der Waals surface area contributed by atoms with Gasteiger partial charge in [0.2, 0.25) is 0 Å². The van der Waals surface area contributed by atoms with Crippen molar-refractivity contribution in [3.8, 4) is 0 Å². The van der Waals surface area contributed by atoms with Gasteiger partial charge >= 0.3 is 5.97 Å². The molecule has 0 atom stereocenters. The lowest BCUT2D eigenvalue weighted by molar-refractivity contribution is 0.0696. The lowest BCUT2D eigenvalue weighted by Gasteiger charge is -2.02. The summed E-state index contributed by atoms with van der Waals surface area (Å²) in [5.41, 5.74) is 0.214. The summed E-state index contributed by atoms with van der Waals surface area (Å²) < 4.78 is 5.14. The van der Waals surface area contributed by atoms with Gasteiger partial charge in [-0.15, -0.1) is 0 Å². The molecule has 2 N–H and O–H groups in total. The maximum Gasteiger partial charge on any atom is 0.338 e. The van der Waals surface area contributed by atoms with Crippen LogP contribution in [0.2, 0.25) is 0 Å². The van der Waals surface area contributed by atoms with Crippen molar-refractivity contribution in [3.05, 3.63) is 23.7 Å². The third-order valence-electron chi connectivity index (χ3n) is 2.91. The molecule has 0 aromatic carbocycles.